The van der Waals surface area contributed by atoms with Crippen LogP contribution in [0.25, 0.3) is 0 Å². The second-order valence-corrected chi connectivity index (χ2v) is 6.32. The smallest absolute Gasteiger partial charge is 0.190 e. The van der Waals surface area contributed by atoms with Crippen molar-refractivity contribution in [2.24, 2.45) is 5.92 Å². The van der Waals surface area contributed by atoms with Gasteiger partial charge in [-0.3, -0.25) is 9.59 Å². The van der Waals surface area contributed by atoms with E-state index in [2.05, 4.69) is 0 Å². The van der Waals surface area contributed by atoms with Crippen molar-refractivity contribution in [3.8, 4) is 0 Å². The number of ether oxygens (including phenoxy) is 1. The molecule has 19 heavy (non-hydrogen) atoms. The Bertz CT molecular complexity index is 520. The largest absolute Gasteiger partial charge is 0.362 e. The van der Waals surface area contributed by atoms with Crippen LogP contribution in [0.4, 0.5) is 0 Å². The molecule has 0 amide bonds. The molecule has 0 aromatic rings. The van der Waals surface area contributed by atoms with Crippen LogP contribution in [-0.2, 0) is 14.3 Å². The van der Waals surface area contributed by atoms with Crippen molar-refractivity contribution in [2.75, 3.05) is 0 Å². The monoisotopic (exact) mass is 262 g/mol. The molecule has 1 spiro atoms. The van der Waals surface area contributed by atoms with E-state index in [1.807, 2.05) is 0 Å². The van der Waals surface area contributed by atoms with Crippen LogP contribution >= 0.6 is 0 Å². The first kappa shape index (κ1) is 11.8. The Kier molecular flexibility index (Phi) is 2.21. The van der Waals surface area contributed by atoms with Gasteiger partial charge in [0.1, 0.15) is 5.60 Å². The summed E-state index contributed by atoms with van der Waals surface area (Å²) in [4.78, 5) is 25.0. The van der Waals surface area contributed by atoms with Crippen LogP contribution in [0.2, 0.25) is 0 Å². The summed E-state index contributed by atoms with van der Waals surface area (Å²) in [5.41, 5.74) is 0.527. The zero-order valence-corrected chi connectivity index (χ0v) is 10.9. The first-order valence-corrected chi connectivity index (χ1v) is 7.29. The Morgan fingerprint density at radius 1 is 1.11 bits per heavy atom. The summed E-state index contributed by atoms with van der Waals surface area (Å²) in [5.74, 6) is -1.60. The molecule has 102 valence electrons. The van der Waals surface area contributed by atoms with E-state index in [0.717, 1.165) is 36.8 Å². The molecular weight excluding hydrogens is 244 g/mol. The van der Waals surface area contributed by atoms with Gasteiger partial charge in [0.15, 0.2) is 17.4 Å². The van der Waals surface area contributed by atoms with Crippen LogP contribution in [0.15, 0.2) is 11.1 Å². The molecule has 1 saturated carbocycles. The Morgan fingerprint density at radius 2 is 1.95 bits per heavy atom. The molecule has 4 heteroatoms. The standard InChI is InChI=1S/C15H18O4/c16-12-6-5-11-13(17)9-3-1-4-10(9)15(18)8-2-7-14(11,12)19-15/h11,18H,1-8H2/t11-,14+,15-/m1/s1. The number of Topliss-reactive ketones (excluding diaryl/α,β-unsaturated/α-hetero) is 2. The number of carbonyl (C=O) groups excluding carboxylic acids is 2. The second-order valence-electron chi connectivity index (χ2n) is 6.32. The van der Waals surface area contributed by atoms with Crippen molar-refractivity contribution in [1.29, 1.82) is 0 Å². The fourth-order valence-electron chi connectivity index (χ4n) is 4.56. The Labute approximate surface area is 111 Å². The van der Waals surface area contributed by atoms with Gasteiger partial charge in [0.2, 0.25) is 0 Å². The first-order chi connectivity index (χ1) is 9.07. The molecule has 1 saturated heterocycles. The van der Waals surface area contributed by atoms with Crippen LogP contribution in [0.3, 0.4) is 0 Å². The SMILES string of the molecule is O=C1C2=C(CCC2)[C@@]2(O)CCC[C@@]3(O2)C(=O)CC[C@H]13. The summed E-state index contributed by atoms with van der Waals surface area (Å²) in [6.07, 6.45) is 5.24. The van der Waals surface area contributed by atoms with Gasteiger partial charge in [0, 0.05) is 18.4 Å². The van der Waals surface area contributed by atoms with Gasteiger partial charge >= 0.3 is 0 Å². The fraction of sp³-hybridized carbons (Fsp3) is 0.733. The number of aliphatic hydroxyl groups is 1. The lowest BCUT2D eigenvalue weighted by atomic mass is 9.79. The summed E-state index contributed by atoms with van der Waals surface area (Å²) in [6, 6.07) is 0. The molecule has 2 aliphatic heterocycles. The Hall–Kier alpha value is -1.00. The van der Waals surface area contributed by atoms with Crippen LogP contribution in [0.5, 0.6) is 0 Å². The van der Waals surface area contributed by atoms with Crippen molar-refractivity contribution >= 4 is 11.6 Å². The zero-order chi connectivity index (χ0) is 13.3. The molecule has 0 unspecified atom stereocenters. The van der Waals surface area contributed by atoms with Crippen molar-refractivity contribution in [2.45, 2.75) is 62.8 Å². The number of rotatable bonds is 0. The first-order valence-electron chi connectivity index (χ1n) is 7.29. The van der Waals surface area contributed by atoms with Gasteiger partial charge in [-0.1, -0.05) is 0 Å². The maximum absolute atomic E-state index is 12.7. The molecule has 1 N–H and O–H groups in total. The third-order valence-corrected chi connectivity index (χ3v) is 5.41. The van der Waals surface area contributed by atoms with Gasteiger partial charge in [-0.2, -0.15) is 0 Å². The van der Waals surface area contributed by atoms with Crippen LogP contribution in [0, 0.1) is 5.92 Å². The summed E-state index contributed by atoms with van der Waals surface area (Å²) in [6.45, 7) is 0. The molecule has 2 fully saturated rings. The number of hydrogen-bond acceptors (Lipinski definition) is 4. The highest BCUT2D eigenvalue weighted by molar-refractivity contribution is 6.06. The van der Waals surface area contributed by atoms with Crippen molar-refractivity contribution in [3.05, 3.63) is 11.1 Å². The highest BCUT2D eigenvalue weighted by atomic mass is 16.6. The molecule has 0 aromatic carbocycles. The van der Waals surface area contributed by atoms with E-state index >= 15 is 0 Å². The zero-order valence-electron chi connectivity index (χ0n) is 10.9. The minimum atomic E-state index is -1.35. The van der Waals surface area contributed by atoms with Gasteiger partial charge in [-0.15, -0.1) is 0 Å². The number of ketones is 2. The highest BCUT2D eigenvalue weighted by Gasteiger charge is 2.62. The lowest BCUT2D eigenvalue weighted by molar-refractivity contribution is -0.266. The lowest BCUT2D eigenvalue weighted by Crippen LogP contribution is -2.54. The van der Waals surface area contributed by atoms with E-state index in [1.54, 1.807) is 0 Å². The number of hydrogen-bond donors (Lipinski definition) is 1. The predicted octanol–water partition coefficient (Wildman–Crippen LogP) is 1.66. The molecule has 2 aliphatic carbocycles. The average molecular weight is 262 g/mol. The van der Waals surface area contributed by atoms with Crippen molar-refractivity contribution < 1.29 is 19.4 Å². The summed E-state index contributed by atoms with van der Waals surface area (Å²) in [5, 5.41) is 10.8. The third-order valence-electron chi connectivity index (χ3n) is 5.41. The molecule has 0 radical (unpaired) electrons. The second kappa shape index (κ2) is 3.55. The van der Waals surface area contributed by atoms with E-state index in [9.17, 15) is 14.7 Å². The van der Waals surface area contributed by atoms with E-state index in [0.29, 0.717) is 25.7 Å². The van der Waals surface area contributed by atoms with Crippen LogP contribution in [0.1, 0.15) is 51.4 Å². The molecular formula is C15H18O4. The van der Waals surface area contributed by atoms with Gasteiger partial charge in [-0.25, -0.2) is 0 Å². The highest BCUT2D eigenvalue weighted by Crippen LogP contribution is 2.54. The summed E-state index contributed by atoms with van der Waals surface area (Å²) < 4.78 is 5.97. The van der Waals surface area contributed by atoms with Gasteiger partial charge in [0.05, 0.1) is 5.92 Å². The Balaban J connectivity index is 1.92. The van der Waals surface area contributed by atoms with Crippen LogP contribution < -0.4 is 0 Å². The van der Waals surface area contributed by atoms with Crippen molar-refractivity contribution in [3.63, 3.8) is 0 Å². The Morgan fingerprint density at radius 3 is 2.79 bits per heavy atom. The average Bonchev–Trinajstić information content (AvgIpc) is 2.95. The van der Waals surface area contributed by atoms with E-state index < -0.39 is 11.4 Å². The maximum atomic E-state index is 12.7. The lowest BCUT2D eigenvalue weighted by Gasteiger charge is -2.44. The quantitative estimate of drug-likeness (QED) is 0.721. The minimum absolute atomic E-state index is 0.0187. The predicted molar refractivity (Wildman–Crippen MR) is 66.2 cm³/mol. The molecule has 4 rings (SSSR count). The van der Waals surface area contributed by atoms with Gasteiger partial charge in [0.25, 0.3) is 0 Å². The molecule has 4 nitrogen and oxygen atoms in total. The van der Waals surface area contributed by atoms with E-state index in [1.165, 1.54) is 0 Å². The molecule has 0 aromatic heterocycles. The van der Waals surface area contributed by atoms with E-state index in [-0.39, 0.29) is 17.5 Å². The minimum Gasteiger partial charge on any atom is -0.362 e. The van der Waals surface area contributed by atoms with Crippen LogP contribution in [-0.4, -0.2) is 28.1 Å². The van der Waals surface area contributed by atoms with Crippen molar-refractivity contribution in [1.82, 2.24) is 0 Å². The molecule has 2 heterocycles. The molecule has 2 bridgehead atoms. The maximum Gasteiger partial charge on any atom is 0.190 e. The summed E-state index contributed by atoms with van der Waals surface area (Å²) >= 11 is 0. The summed E-state index contributed by atoms with van der Waals surface area (Å²) in [7, 11) is 0. The number of carbonyl (C=O) groups is 2. The number of allylic oxidation sites excluding steroid dienone is 1. The normalized spacial score (nSPS) is 45.2. The van der Waals surface area contributed by atoms with Gasteiger partial charge < -0.3 is 9.84 Å². The molecule has 4 aliphatic rings. The van der Waals surface area contributed by atoms with E-state index in [4.69, 9.17) is 4.74 Å². The number of fused-ring (bicyclic) bond motifs is 2. The third kappa shape index (κ3) is 1.31. The molecule has 3 atom stereocenters. The topological polar surface area (TPSA) is 63.6 Å². The van der Waals surface area contributed by atoms with Gasteiger partial charge in [-0.05, 0) is 44.1 Å². The fourth-order valence-corrected chi connectivity index (χ4v) is 4.56.